The molecule has 0 bridgehead atoms. The van der Waals surface area contributed by atoms with Gasteiger partial charge in [0.15, 0.2) is 0 Å². The molecular formula is C42H56N4O9S. The van der Waals surface area contributed by atoms with Crippen LogP contribution in [0.5, 0.6) is 11.5 Å². The molecule has 3 fully saturated rings. The summed E-state index contributed by atoms with van der Waals surface area (Å²) in [6.45, 7) is 9.34. The zero-order valence-electron chi connectivity index (χ0n) is 33.4. The molecule has 3 amide bonds. The lowest BCUT2D eigenvalue weighted by atomic mass is 9.87. The molecule has 2 aliphatic carbocycles. The number of fused-ring (bicyclic) bond motifs is 5. The highest BCUT2D eigenvalue weighted by molar-refractivity contribution is 7.91. The molecule has 13 nitrogen and oxygen atoms in total. The second-order valence-electron chi connectivity index (χ2n) is 17.4. The Morgan fingerprint density at radius 1 is 1.11 bits per heavy atom. The summed E-state index contributed by atoms with van der Waals surface area (Å²) in [5, 5.41) is 3.88. The van der Waals surface area contributed by atoms with Crippen LogP contribution < -0.4 is 19.5 Å². The maximum atomic E-state index is 14.8. The summed E-state index contributed by atoms with van der Waals surface area (Å²) < 4.78 is 45.9. The Kier molecular flexibility index (Phi) is 10.7. The van der Waals surface area contributed by atoms with E-state index < -0.39 is 61.6 Å². The van der Waals surface area contributed by atoms with Gasteiger partial charge < -0.3 is 24.4 Å². The summed E-state index contributed by atoms with van der Waals surface area (Å²) in [7, 11) is -2.37. The highest BCUT2D eigenvalue weighted by Crippen LogP contribution is 2.49. The molecule has 6 atom stereocenters. The average Bonchev–Trinajstić information content (AvgIpc) is 4.04. The lowest BCUT2D eigenvalue weighted by molar-refractivity contribution is -0.155. The van der Waals surface area contributed by atoms with Gasteiger partial charge in [-0.05, 0) is 96.3 Å². The Hall–Kier alpha value is -4.20. The minimum atomic E-state index is -3.98. The van der Waals surface area contributed by atoms with E-state index in [1.165, 1.54) is 4.90 Å². The van der Waals surface area contributed by atoms with Crippen LogP contribution in [0.15, 0.2) is 30.4 Å². The zero-order valence-corrected chi connectivity index (χ0v) is 34.3. The van der Waals surface area contributed by atoms with Crippen molar-refractivity contribution in [2.45, 2.75) is 140 Å². The Labute approximate surface area is 329 Å². The fourth-order valence-electron chi connectivity index (χ4n) is 8.52. The summed E-state index contributed by atoms with van der Waals surface area (Å²) in [4.78, 5) is 63.2. The van der Waals surface area contributed by atoms with Gasteiger partial charge in [-0.2, -0.15) is 0 Å². The van der Waals surface area contributed by atoms with E-state index in [1.807, 2.05) is 58.0 Å². The first-order valence-corrected chi connectivity index (χ1v) is 21.7. The maximum Gasteiger partial charge on any atom is 0.306 e. The monoisotopic (exact) mass is 792 g/mol. The summed E-state index contributed by atoms with van der Waals surface area (Å²) in [6.07, 6.45) is 9.28. The van der Waals surface area contributed by atoms with Crippen LogP contribution in [-0.2, 0) is 40.4 Å². The second-order valence-corrected chi connectivity index (χ2v) is 19.6. The maximum absolute atomic E-state index is 14.8. The number of aromatic nitrogens is 1. The van der Waals surface area contributed by atoms with Crippen molar-refractivity contribution in [2.24, 2.45) is 17.8 Å². The Morgan fingerprint density at radius 3 is 2.59 bits per heavy atom. The SMILES string of the molecule is COc1ccc2nc(C)c3c(c2c1)CC[C@]1(C[C@H]2C(=O)N[C@]4(C(=O)NS(=O)(=O)C5(C)CC5)C[C@H]4/C=C\CCCCC[C@H](CC(=O)O[C@H](C)C(C)C)C(=O)N2C1)O3. The van der Waals surface area contributed by atoms with Crippen LogP contribution in [0.3, 0.4) is 0 Å². The first kappa shape index (κ1) is 40.0. The normalized spacial score (nSPS) is 29.8. The molecule has 304 valence electrons. The number of amides is 3. The fraction of sp³-hybridized carbons (Fsp3) is 0.643. The summed E-state index contributed by atoms with van der Waals surface area (Å²) >= 11 is 0. The summed E-state index contributed by atoms with van der Waals surface area (Å²) in [5.74, 6) is -1.89. The lowest BCUT2D eigenvalue weighted by Gasteiger charge is -2.36. The number of hydrogen-bond acceptors (Lipinski definition) is 10. The number of aryl methyl sites for hydroxylation is 2. The van der Waals surface area contributed by atoms with Crippen LogP contribution >= 0.6 is 0 Å². The number of allylic oxidation sites excluding steroid dienone is 1. The topological polar surface area (TPSA) is 170 Å². The van der Waals surface area contributed by atoms with E-state index in [9.17, 15) is 27.6 Å². The van der Waals surface area contributed by atoms with Crippen LogP contribution in [0.4, 0.5) is 0 Å². The number of carbonyl (C=O) groups excluding carboxylic acids is 4. The molecule has 1 aromatic heterocycles. The van der Waals surface area contributed by atoms with Gasteiger partial charge in [-0.15, -0.1) is 0 Å². The number of esters is 1. The van der Waals surface area contributed by atoms with E-state index >= 15 is 0 Å². The van der Waals surface area contributed by atoms with Gasteiger partial charge in [0.25, 0.3) is 5.91 Å². The van der Waals surface area contributed by atoms with Crippen molar-refractivity contribution >= 4 is 44.6 Å². The number of pyridine rings is 1. The van der Waals surface area contributed by atoms with Gasteiger partial charge in [0.1, 0.15) is 34.8 Å². The van der Waals surface area contributed by atoms with Gasteiger partial charge >= 0.3 is 5.97 Å². The highest BCUT2D eigenvalue weighted by Gasteiger charge is 2.64. The largest absolute Gasteiger partial charge is 0.497 e. The van der Waals surface area contributed by atoms with Crippen molar-refractivity contribution in [1.29, 1.82) is 0 Å². The molecule has 4 heterocycles. The molecule has 1 saturated heterocycles. The molecule has 1 spiro atoms. The molecule has 14 heteroatoms. The number of rotatable bonds is 8. The van der Waals surface area contributed by atoms with Crippen LogP contribution in [-0.4, -0.2) is 83.7 Å². The molecule has 56 heavy (non-hydrogen) atoms. The molecular weight excluding hydrogens is 737 g/mol. The fourth-order valence-corrected chi connectivity index (χ4v) is 9.83. The van der Waals surface area contributed by atoms with Crippen molar-refractivity contribution in [3.8, 4) is 11.5 Å². The van der Waals surface area contributed by atoms with Gasteiger partial charge in [-0.3, -0.25) is 23.9 Å². The molecule has 5 aliphatic rings. The lowest BCUT2D eigenvalue weighted by Crippen LogP contribution is -2.57. The van der Waals surface area contributed by atoms with Crippen LogP contribution in [0.25, 0.3) is 10.9 Å². The first-order chi connectivity index (χ1) is 26.5. The van der Waals surface area contributed by atoms with E-state index in [0.717, 1.165) is 35.7 Å². The van der Waals surface area contributed by atoms with E-state index in [4.69, 9.17) is 19.2 Å². The van der Waals surface area contributed by atoms with Crippen LogP contribution in [0.1, 0.15) is 110 Å². The minimum absolute atomic E-state index is 0.0855. The van der Waals surface area contributed by atoms with Gasteiger partial charge in [-0.25, -0.2) is 13.4 Å². The molecule has 7 rings (SSSR count). The predicted octanol–water partition coefficient (Wildman–Crippen LogP) is 5.20. The Bertz CT molecular complexity index is 2060. The number of carbonyl (C=O) groups is 4. The van der Waals surface area contributed by atoms with E-state index in [2.05, 4.69) is 10.0 Å². The zero-order chi connectivity index (χ0) is 40.2. The molecule has 0 unspecified atom stereocenters. The standard InChI is InChI=1S/C42H56N4O9S/c1-25(2)27(4)54-35(47)20-28-12-10-8-7-9-11-13-29-22-42(29,39(50)45-56(51,52)40(5)18-19-40)44-37(48)34-23-41(24-46(34)38(28)49)17-16-31-32-21-30(53-6)14-15-33(32)43-26(3)36(31)55-41/h11,13-15,21,25,27-29,34H,7-10,12,16-20,22-24H2,1-6H3,(H,44,48)(H,45,50)/b13-11-/t27-,28-,29-,34+,41-,42-/m1/s1. The van der Waals surface area contributed by atoms with E-state index in [-0.39, 0.29) is 43.7 Å². The molecule has 2 aromatic rings. The molecule has 1 aromatic carbocycles. The third-order valence-corrected chi connectivity index (χ3v) is 15.1. The van der Waals surface area contributed by atoms with Gasteiger partial charge in [0.05, 0.1) is 36.0 Å². The summed E-state index contributed by atoms with van der Waals surface area (Å²) in [6, 6.07) is 4.67. The molecule has 3 aliphatic heterocycles. The highest BCUT2D eigenvalue weighted by atomic mass is 32.2. The number of nitrogens with zero attached hydrogens (tertiary/aromatic N) is 2. The van der Waals surface area contributed by atoms with Crippen molar-refractivity contribution in [2.75, 3.05) is 13.7 Å². The van der Waals surface area contributed by atoms with Gasteiger partial charge in [-0.1, -0.05) is 38.8 Å². The van der Waals surface area contributed by atoms with E-state index in [0.29, 0.717) is 55.7 Å². The first-order valence-electron chi connectivity index (χ1n) is 20.2. The number of ether oxygens (including phenoxy) is 3. The van der Waals surface area contributed by atoms with Crippen molar-refractivity contribution in [3.63, 3.8) is 0 Å². The number of hydrogen-bond donors (Lipinski definition) is 2. The van der Waals surface area contributed by atoms with Gasteiger partial charge in [0.2, 0.25) is 21.8 Å². The third-order valence-electron chi connectivity index (χ3n) is 13.0. The number of sulfonamides is 1. The quantitative estimate of drug-likeness (QED) is 0.268. The molecule has 2 N–H and O–H groups in total. The van der Waals surface area contributed by atoms with Crippen LogP contribution in [0, 0.1) is 24.7 Å². The Morgan fingerprint density at radius 2 is 1.88 bits per heavy atom. The van der Waals surface area contributed by atoms with Crippen molar-refractivity contribution < 1.29 is 41.8 Å². The van der Waals surface area contributed by atoms with E-state index in [1.54, 1.807) is 14.0 Å². The Balaban J connectivity index is 1.23. The number of benzene rings is 1. The molecule has 0 radical (unpaired) electrons. The predicted molar refractivity (Wildman–Crippen MR) is 209 cm³/mol. The number of methoxy groups -OCH3 is 1. The summed E-state index contributed by atoms with van der Waals surface area (Å²) in [5.41, 5.74) is 0.0161. The second kappa shape index (κ2) is 14.9. The number of nitrogens with one attached hydrogen (secondary N) is 2. The van der Waals surface area contributed by atoms with Gasteiger partial charge in [0, 0.05) is 29.2 Å². The van der Waals surface area contributed by atoms with Crippen molar-refractivity contribution in [3.05, 3.63) is 41.6 Å². The minimum Gasteiger partial charge on any atom is -0.497 e. The third kappa shape index (κ3) is 7.61. The average molecular weight is 793 g/mol. The van der Waals surface area contributed by atoms with Crippen LogP contribution in [0.2, 0.25) is 0 Å². The smallest absolute Gasteiger partial charge is 0.306 e. The molecule has 2 saturated carbocycles. The van der Waals surface area contributed by atoms with Crippen molar-refractivity contribution in [1.82, 2.24) is 19.9 Å².